The number of amides is 4. The Morgan fingerprint density at radius 1 is 0.886 bits per heavy atom. The van der Waals surface area contributed by atoms with E-state index in [-0.39, 0.29) is 12.3 Å². The monoisotopic (exact) mass is 495 g/mol. The molecule has 0 spiro atoms. The van der Waals surface area contributed by atoms with Crippen molar-refractivity contribution in [3.63, 3.8) is 0 Å². The Morgan fingerprint density at radius 3 is 2.34 bits per heavy atom. The minimum atomic E-state index is -0.987. The van der Waals surface area contributed by atoms with Crippen LogP contribution in [0.25, 0.3) is 0 Å². The minimum Gasteiger partial charge on any atom is -0.458 e. The van der Waals surface area contributed by atoms with Crippen LogP contribution in [-0.4, -0.2) is 29.8 Å². The van der Waals surface area contributed by atoms with E-state index in [4.69, 9.17) is 16.0 Å². The highest BCUT2D eigenvalue weighted by Gasteiger charge is 2.15. The molecule has 3 aromatic rings. The average Bonchev–Trinajstić information content (AvgIpc) is 3.28. The van der Waals surface area contributed by atoms with Gasteiger partial charge in [0.25, 0.3) is 0 Å². The van der Waals surface area contributed by atoms with Crippen LogP contribution < -0.4 is 21.4 Å². The van der Waals surface area contributed by atoms with Crippen molar-refractivity contribution in [2.24, 2.45) is 5.10 Å². The smallest absolute Gasteiger partial charge is 0.329 e. The fourth-order valence-corrected chi connectivity index (χ4v) is 2.92. The van der Waals surface area contributed by atoms with Gasteiger partial charge >= 0.3 is 23.6 Å². The van der Waals surface area contributed by atoms with Gasteiger partial charge in [0.2, 0.25) is 0 Å². The molecule has 3 rings (SSSR count). The predicted molar refractivity (Wildman–Crippen MR) is 131 cm³/mol. The van der Waals surface area contributed by atoms with E-state index in [1.165, 1.54) is 12.3 Å². The lowest BCUT2D eigenvalue weighted by molar-refractivity contribution is -0.136. The molecule has 0 aliphatic carbocycles. The number of anilines is 2. The molecule has 4 N–H and O–H groups in total. The molecule has 0 fully saturated rings. The highest BCUT2D eigenvalue weighted by molar-refractivity contribution is 6.40. The van der Waals surface area contributed by atoms with Gasteiger partial charge in [-0.05, 0) is 55.8 Å². The molecular weight excluding hydrogens is 474 g/mol. The first-order chi connectivity index (χ1) is 16.7. The molecule has 10 nitrogen and oxygen atoms in total. The van der Waals surface area contributed by atoms with E-state index >= 15 is 0 Å². The maximum atomic E-state index is 12.0. The molecular formula is C24H22ClN5O5. The number of rotatable bonds is 6. The van der Waals surface area contributed by atoms with Crippen LogP contribution in [0.15, 0.2) is 64.1 Å². The van der Waals surface area contributed by atoms with Crippen molar-refractivity contribution in [2.45, 2.75) is 20.4 Å². The molecule has 0 aliphatic rings. The molecule has 4 amide bonds. The zero-order valence-corrected chi connectivity index (χ0v) is 19.6. The molecule has 0 unspecified atom stereocenters. The van der Waals surface area contributed by atoms with Crippen molar-refractivity contribution in [1.29, 1.82) is 0 Å². The third-order valence-corrected chi connectivity index (χ3v) is 4.87. The first kappa shape index (κ1) is 25.2. The molecule has 0 aliphatic heterocycles. The van der Waals surface area contributed by atoms with E-state index in [1.807, 2.05) is 19.1 Å². The summed E-state index contributed by atoms with van der Waals surface area (Å²) in [5, 5.41) is 11.5. The minimum absolute atomic E-state index is 0.0399. The second kappa shape index (κ2) is 11.6. The summed E-state index contributed by atoms with van der Waals surface area (Å²) in [6.45, 7) is 3.63. The zero-order chi connectivity index (χ0) is 25.4. The number of halogens is 1. The molecule has 0 radical (unpaired) electrons. The van der Waals surface area contributed by atoms with E-state index in [2.05, 4.69) is 26.5 Å². The van der Waals surface area contributed by atoms with Crippen LogP contribution in [0, 0.1) is 13.8 Å². The summed E-state index contributed by atoms with van der Waals surface area (Å²) < 4.78 is 5.45. The Bertz CT molecular complexity index is 1280. The Morgan fingerprint density at radius 2 is 1.60 bits per heavy atom. The number of benzene rings is 2. The summed E-state index contributed by atoms with van der Waals surface area (Å²) in [6.07, 6.45) is 1.19. The number of hydrogen-bond acceptors (Lipinski definition) is 6. The third-order valence-electron chi connectivity index (χ3n) is 4.63. The summed E-state index contributed by atoms with van der Waals surface area (Å²) in [5.74, 6) is -2.94. The Hall–Kier alpha value is -4.44. The number of carbonyl (C=O) groups is 4. The molecule has 180 valence electrons. The van der Waals surface area contributed by atoms with Crippen molar-refractivity contribution in [2.75, 3.05) is 10.6 Å². The van der Waals surface area contributed by atoms with E-state index in [9.17, 15) is 19.2 Å². The number of hydrogen-bond donors (Lipinski definition) is 4. The summed E-state index contributed by atoms with van der Waals surface area (Å²) >= 11 is 5.90. The molecule has 1 aromatic heterocycles. The normalized spacial score (nSPS) is 10.6. The SMILES string of the molecule is Cc1ccc(NC(=O)C(=O)NCc2ccc(/C=N/NC(=O)C(=O)Nc3cc(Cl)ccc3C)o2)cc1. The van der Waals surface area contributed by atoms with Crippen molar-refractivity contribution >= 4 is 52.8 Å². The maximum Gasteiger partial charge on any atom is 0.329 e. The molecule has 1 heterocycles. The molecule has 2 aromatic carbocycles. The van der Waals surface area contributed by atoms with E-state index in [0.29, 0.717) is 22.2 Å². The molecule has 0 atom stereocenters. The van der Waals surface area contributed by atoms with Gasteiger partial charge in [-0.25, -0.2) is 5.43 Å². The Labute approximate surface area is 205 Å². The Balaban J connectivity index is 1.44. The van der Waals surface area contributed by atoms with Crippen molar-refractivity contribution in [3.8, 4) is 0 Å². The first-order valence-electron chi connectivity index (χ1n) is 10.4. The van der Waals surface area contributed by atoms with E-state index < -0.39 is 23.6 Å². The third kappa shape index (κ3) is 7.54. The highest BCUT2D eigenvalue weighted by Crippen LogP contribution is 2.20. The number of furan rings is 1. The zero-order valence-electron chi connectivity index (χ0n) is 18.8. The summed E-state index contributed by atoms with van der Waals surface area (Å²) in [5.41, 5.74) is 4.77. The molecule has 0 bridgehead atoms. The van der Waals surface area contributed by atoms with Crippen LogP contribution in [0.1, 0.15) is 22.6 Å². The lowest BCUT2D eigenvalue weighted by atomic mass is 10.2. The van der Waals surface area contributed by atoms with Crippen LogP contribution >= 0.6 is 11.6 Å². The van der Waals surface area contributed by atoms with Gasteiger partial charge in [0.05, 0.1) is 12.8 Å². The topological polar surface area (TPSA) is 142 Å². The van der Waals surface area contributed by atoms with Gasteiger partial charge in [-0.1, -0.05) is 35.4 Å². The number of nitrogens with zero attached hydrogens (tertiary/aromatic N) is 1. The van der Waals surface area contributed by atoms with Gasteiger partial charge in [-0.3, -0.25) is 19.2 Å². The van der Waals surface area contributed by atoms with Gasteiger partial charge in [-0.15, -0.1) is 0 Å². The number of hydrazone groups is 1. The summed E-state index contributed by atoms with van der Waals surface area (Å²) in [6, 6.07) is 15.0. The molecule has 0 saturated heterocycles. The quantitative estimate of drug-likeness (QED) is 0.236. The van der Waals surface area contributed by atoms with Gasteiger partial charge in [0.1, 0.15) is 11.5 Å². The standard InChI is InChI=1S/C24H22ClN5O5/c1-14-3-7-17(8-4-14)28-22(32)21(31)26-12-18-9-10-19(35-18)13-27-30-24(34)23(33)29-20-11-16(25)6-5-15(20)2/h3-11,13H,12H2,1-2H3,(H,26,31)(H,28,32)(H,29,33)(H,30,34)/b27-13+. The molecule has 11 heteroatoms. The lowest BCUT2D eigenvalue weighted by Crippen LogP contribution is -2.34. The summed E-state index contributed by atoms with van der Waals surface area (Å²) in [4.78, 5) is 47.9. The van der Waals surface area contributed by atoms with Crippen molar-refractivity contribution in [3.05, 3.63) is 82.3 Å². The Kier molecular flexibility index (Phi) is 8.36. The van der Waals surface area contributed by atoms with Gasteiger partial charge in [-0.2, -0.15) is 5.10 Å². The van der Waals surface area contributed by atoms with Gasteiger partial charge in [0, 0.05) is 16.4 Å². The van der Waals surface area contributed by atoms with E-state index in [0.717, 1.165) is 11.1 Å². The number of nitrogens with one attached hydrogen (secondary N) is 4. The first-order valence-corrected chi connectivity index (χ1v) is 10.7. The number of carbonyl (C=O) groups excluding carboxylic acids is 4. The van der Waals surface area contributed by atoms with Crippen LogP contribution in [0.4, 0.5) is 11.4 Å². The van der Waals surface area contributed by atoms with Crippen LogP contribution in [-0.2, 0) is 25.7 Å². The molecule has 35 heavy (non-hydrogen) atoms. The largest absolute Gasteiger partial charge is 0.458 e. The number of aryl methyl sites for hydroxylation is 2. The average molecular weight is 496 g/mol. The maximum absolute atomic E-state index is 12.0. The van der Waals surface area contributed by atoms with E-state index in [1.54, 1.807) is 43.3 Å². The van der Waals surface area contributed by atoms with Gasteiger partial charge in [0.15, 0.2) is 0 Å². The van der Waals surface area contributed by atoms with Crippen LogP contribution in [0.5, 0.6) is 0 Å². The van der Waals surface area contributed by atoms with Crippen LogP contribution in [0.2, 0.25) is 5.02 Å². The van der Waals surface area contributed by atoms with Gasteiger partial charge < -0.3 is 20.4 Å². The molecule has 0 saturated carbocycles. The van der Waals surface area contributed by atoms with Crippen molar-refractivity contribution < 1.29 is 23.6 Å². The van der Waals surface area contributed by atoms with Crippen LogP contribution in [0.3, 0.4) is 0 Å². The fraction of sp³-hybridized carbons (Fsp3) is 0.125. The second-order valence-electron chi connectivity index (χ2n) is 7.42. The van der Waals surface area contributed by atoms with Crippen molar-refractivity contribution in [1.82, 2.24) is 10.7 Å². The predicted octanol–water partition coefficient (Wildman–Crippen LogP) is 2.89. The summed E-state index contributed by atoms with van der Waals surface area (Å²) in [7, 11) is 0. The lowest BCUT2D eigenvalue weighted by Gasteiger charge is -2.07. The fourth-order valence-electron chi connectivity index (χ4n) is 2.74. The highest BCUT2D eigenvalue weighted by atomic mass is 35.5. The second-order valence-corrected chi connectivity index (χ2v) is 7.86.